The van der Waals surface area contributed by atoms with Crippen LogP contribution in [0.5, 0.6) is 0 Å². The van der Waals surface area contributed by atoms with Gasteiger partial charge in [-0.05, 0) is 49.3 Å². The maximum Gasteiger partial charge on any atom is 0.255 e. The molecule has 3 amide bonds. The highest BCUT2D eigenvalue weighted by Gasteiger charge is 2.41. The third-order valence-electron chi connectivity index (χ3n) is 7.05. The zero-order valence-electron chi connectivity index (χ0n) is 16.5. The minimum absolute atomic E-state index is 0.116. The maximum absolute atomic E-state index is 12.8. The fourth-order valence-corrected chi connectivity index (χ4v) is 5.11. The van der Waals surface area contributed by atoms with Gasteiger partial charge in [-0.3, -0.25) is 19.7 Å². The Morgan fingerprint density at radius 2 is 1.93 bits per heavy atom. The molecule has 1 atom stereocenters. The lowest BCUT2D eigenvalue weighted by molar-refractivity contribution is -0.136. The second kappa shape index (κ2) is 7.22. The van der Waals surface area contributed by atoms with Gasteiger partial charge in [-0.15, -0.1) is 0 Å². The summed E-state index contributed by atoms with van der Waals surface area (Å²) in [5.41, 5.74) is 3.26. The summed E-state index contributed by atoms with van der Waals surface area (Å²) in [6, 6.07) is 5.94. The first kappa shape index (κ1) is 18.8. The normalized spacial score (nSPS) is 26.4. The van der Waals surface area contributed by atoms with Crippen molar-refractivity contribution in [2.45, 2.75) is 63.7 Å². The van der Waals surface area contributed by atoms with Crippen molar-refractivity contribution < 1.29 is 19.1 Å². The molecule has 3 heterocycles. The van der Waals surface area contributed by atoms with Gasteiger partial charge in [0, 0.05) is 36.5 Å². The molecule has 1 saturated carbocycles. The van der Waals surface area contributed by atoms with E-state index in [1.54, 1.807) is 4.90 Å². The summed E-state index contributed by atoms with van der Waals surface area (Å²) in [5, 5.41) is 6.02. The van der Waals surface area contributed by atoms with Crippen LogP contribution < -0.4 is 10.6 Å². The molecular formula is C22H27N3O4. The Kier molecular flexibility index (Phi) is 4.67. The Hall–Kier alpha value is -2.25. The Morgan fingerprint density at radius 1 is 1.14 bits per heavy atom. The molecule has 0 aromatic heterocycles. The van der Waals surface area contributed by atoms with E-state index in [9.17, 15) is 14.4 Å². The molecule has 7 heteroatoms. The fraction of sp³-hybridized carbons (Fsp3) is 0.591. The van der Waals surface area contributed by atoms with E-state index in [1.807, 2.05) is 12.1 Å². The molecule has 3 aliphatic heterocycles. The summed E-state index contributed by atoms with van der Waals surface area (Å²) in [6.07, 6.45) is 5.54. The predicted molar refractivity (Wildman–Crippen MR) is 105 cm³/mol. The standard InChI is InChI=1S/C22H27N3O4/c26-19-4-3-18(20(27)24-19)25-11-15-9-14(1-2-17(15)21(25)28)10-23-16-5-7-22(8-6-16)12-29-13-22/h1-2,9,16,18,23H,3-8,10-13H2,(H,24,26,27). The minimum Gasteiger partial charge on any atom is -0.380 e. The molecule has 7 nitrogen and oxygen atoms in total. The molecule has 29 heavy (non-hydrogen) atoms. The minimum atomic E-state index is -0.556. The Morgan fingerprint density at radius 3 is 2.62 bits per heavy atom. The molecule has 1 spiro atoms. The number of ether oxygens (including phenoxy) is 1. The van der Waals surface area contributed by atoms with Crippen LogP contribution in [0, 0.1) is 5.41 Å². The van der Waals surface area contributed by atoms with Crippen LogP contribution in [0.15, 0.2) is 18.2 Å². The topological polar surface area (TPSA) is 87.7 Å². The second-order valence-electron chi connectivity index (χ2n) is 9.04. The number of imide groups is 1. The first-order chi connectivity index (χ1) is 14.0. The lowest BCUT2D eigenvalue weighted by atomic mass is 9.71. The lowest BCUT2D eigenvalue weighted by Gasteiger charge is -2.46. The van der Waals surface area contributed by atoms with Crippen molar-refractivity contribution >= 4 is 17.7 Å². The summed E-state index contributed by atoms with van der Waals surface area (Å²) in [7, 11) is 0. The summed E-state index contributed by atoms with van der Waals surface area (Å²) >= 11 is 0. The number of piperidine rings is 1. The van der Waals surface area contributed by atoms with E-state index in [2.05, 4.69) is 16.7 Å². The second-order valence-corrected chi connectivity index (χ2v) is 9.04. The number of nitrogens with zero attached hydrogens (tertiary/aromatic N) is 1. The van der Waals surface area contributed by atoms with E-state index in [4.69, 9.17) is 4.74 Å². The molecule has 2 saturated heterocycles. The van der Waals surface area contributed by atoms with Crippen molar-refractivity contribution in [1.82, 2.24) is 15.5 Å². The van der Waals surface area contributed by atoms with Crippen LogP contribution in [0.25, 0.3) is 0 Å². The third-order valence-corrected chi connectivity index (χ3v) is 7.05. The number of hydrogen-bond acceptors (Lipinski definition) is 5. The largest absolute Gasteiger partial charge is 0.380 e. The number of carbonyl (C=O) groups is 3. The number of benzene rings is 1. The van der Waals surface area contributed by atoms with Crippen LogP contribution in [0.4, 0.5) is 0 Å². The average molecular weight is 397 g/mol. The van der Waals surface area contributed by atoms with E-state index in [1.165, 1.54) is 25.7 Å². The van der Waals surface area contributed by atoms with Gasteiger partial charge in [0.2, 0.25) is 11.8 Å². The summed E-state index contributed by atoms with van der Waals surface area (Å²) in [5.74, 6) is -0.743. The Balaban J connectivity index is 1.20. The van der Waals surface area contributed by atoms with Gasteiger partial charge < -0.3 is 15.0 Å². The average Bonchev–Trinajstić information content (AvgIpc) is 3.01. The number of fused-ring (bicyclic) bond motifs is 1. The molecule has 2 N–H and O–H groups in total. The van der Waals surface area contributed by atoms with Crippen LogP contribution in [0.1, 0.15) is 60.0 Å². The number of hydrogen-bond donors (Lipinski definition) is 2. The quantitative estimate of drug-likeness (QED) is 0.752. The van der Waals surface area contributed by atoms with Gasteiger partial charge >= 0.3 is 0 Å². The van der Waals surface area contributed by atoms with E-state index in [-0.39, 0.29) is 24.1 Å². The van der Waals surface area contributed by atoms with Gasteiger partial charge in [0.25, 0.3) is 5.91 Å². The molecule has 0 bridgehead atoms. The summed E-state index contributed by atoms with van der Waals surface area (Å²) < 4.78 is 5.40. The SMILES string of the molecule is O=C1CCC(N2Cc3cc(CNC4CCC5(CC4)COC5)ccc3C2=O)C(=O)N1. The van der Waals surface area contributed by atoms with Crippen molar-refractivity contribution in [3.63, 3.8) is 0 Å². The van der Waals surface area contributed by atoms with Crippen LogP contribution in [-0.2, 0) is 27.4 Å². The number of amides is 3. The van der Waals surface area contributed by atoms with Crippen molar-refractivity contribution in [3.05, 3.63) is 34.9 Å². The molecule has 5 rings (SSSR count). The van der Waals surface area contributed by atoms with Crippen LogP contribution in [-0.4, -0.2) is 47.9 Å². The van der Waals surface area contributed by atoms with Crippen LogP contribution >= 0.6 is 0 Å². The van der Waals surface area contributed by atoms with Gasteiger partial charge in [-0.2, -0.15) is 0 Å². The molecule has 154 valence electrons. The first-order valence-corrected chi connectivity index (χ1v) is 10.6. The molecule has 3 fully saturated rings. The van der Waals surface area contributed by atoms with E-state index in [0.29, 0.717) is 30.0 Å². The molecular weight excluding hydrogens is 370 g/mol. The maximum atomic E-state index is 12.8. The van der Waals surface area contributed by atoms with Crippen LogP contribution in [0.2, 0.25) is 0 Å². The summed E-state index contributed by atoms with van der Waals surface area (Å²) in [4.78, 5) is 37.9. The molecule has 1 aromatic rings. The highest BCUT2D eigenvalue weighted by molar-refractivity contribution is 6.05. The predicted octanol–water partition coefficient (Wildman–Crippen LogP) is 1.50. The van der Waals surface area contributed by atoms with E-state index < -0.39 is 6.04 Å². The number of nitrogens with one attached hydrogen (secondary N) is 2. The van der Waals surface area contributed by atoms with Crippen molar-refractivity contribution in [3.8, 4) is 0 Å². The van der Waals surface area contributed by atoms with E-state index in [0.717, 1.165) is 30.9 Å². The highest BCUT2D eigenvalue weighted by Crippen LogP contribution is 2.42. The molecule has 1 unspecified atom stereocenters. The van der Waals surface area contributed by atoms with Crippen molar-refractivity contribution in [2.75, 3.05) is 13.2 Å². The molecule has 4 aliphatic rings. The molecule has 1 aromatic carbocycles. The molecule has 1 aliphatic carbocycles. The summed E-state index contributed by atoms with van der Waals surface area (Å²) in [6.45, 7) is 3.08. The van der Waals surface area contributed by atoms with Gasteiger partial charge in [-0.25, -0.2) is 0 Å². The lowest BCUT2D eigenvalue weighted by Crippen LogP contribution is -2.52. The molecule has 0 radical (unpaired) electrons. The van der Waals surface area contributed by atoms with Crippen molar-refractivity contribution in [1.29, 1.82) is 0 Å². The fourth-order valence-electron chi connectivity index (χ4n) is 5.11. The van der Waals surface area contributed by atoms with Gasteiger partial charge in [0.15, 0.2) is 0 Å². The Labute approximate surface area is 170 Å². The van der Waals surface area contributed by atoms with Gasteiger partial charge in [-0.1, -0.05) is 12.1 Å². The van der Waals surface area contributed by atoms with Crippen LogP contribution in [0.3, 0.4) is 0 Å². The zero-order chi connectivity index (χ0) is 20.0. The van der Waals surface area contributed by atoms with Gasteiger partial charge in [0.1, 0.15) is 6.04 Å². The smallest absolute Gasteiger partial charge is 0.255 e. The third kappa shape index (κ3) is 3.46. The monoisotopic (exact) mass is 397 g/mol. The number of rotatable bonds is 4. The van der Waals surface area contributed by atoms with E-state index >= 15 is 0 Å². The zero-order valence-corrected chi connectivity index (χ0v) is 16.5. The first-order valence-electron chi connectivity index (χ1n) is 10.6. The Bertz CT molecular complexity index is 854. The van der Waals surface area contributed by atoms with Gasteiger partial charge in [0.05, 0.1) is 13.2 Å². The highest BCUT2D eigenvalue weighted by atomic mass is 16.5. The number of carbonyl (C=O) groups excluding carboxylic acids is 3. The van der Waals surface area contributed by atoms with Crippen molar-refractivity contribution in [2.24, 2.45) is 5.41 Å².